The van der Waals surface area contributed by atoms with E-state index in [2.05, 4.69) is 6.92 Å². The minimum absolute atomic E-state index is 0.183. The van der Waals surface area contributed by atoms with E-state index in [9.17, 15) is 9.59 Å². The van der Waals surface area contributed by atoms with Crippen molar-refractivity contribution in [3.63, 3.8) is 0 Å². The zero-order valence-corrected chi connectivity index (χ0v) is 13.6. The molecule has 0 bridgehead atoms. The van der Waals surface area contributed by atoms with Gasteiger partial charge in [0.2, 0.25) is 0 Å². The first kappa shape index (κ1) is 18.0. The maximum absolute atomic E-state index is 11.9. The average Bonchev–Trinajstić information content (AvgIpc) is 2.55. The van der Waals surface area contributed by atoms with Crippen molar-refractivity contribution in [3.8, 4) is 0 Å². The molecule has 0 aliphatic heterocycles. The van der Waals surface area contributed by atoms with Crippen LogP contribution in [-0.2, 0) is 20.9 Å². The van der Waals surface area contributed by atoms with Gasteiger partial charge in [-0.3, -0.25) is 4.90 Å². The van der Waals surface area contributed by atoms with Crippen molar-refractivity contribution in [2.24, 2.45) is 0 Å². The second-order valence-electron chi connectivity index (χ2n) is 5.20. The SMILES string of the molecule is CCCCCOC(=O)C(C)N(C)C(=O)OCc1ccccc1. The highest BCUT2D eigenvalue weighted by Crippen LogP contribution is 2.06. The number of nitrogens with zero attached hydrogens (tertiary/aromatic N) is 1. The Bertz CT molecular complexity index is 461. The van der Waals surface area contributed by atoms with Crippen LogP contribution in [0.25, 0.3) is 0 Å². The predicted octanol–water partition coefficient (Wildman–Crippen LogP) is 3.38. The molecule has 1 unspecified atom stereocenters. The van der Waals surface area contributed by atoms with Crippen LogP contribution in [0.1, 0.15) is 38.7 Å². The Labute approximate surface area is 132 Å². The third-order valence-corrected chi connectivity index (χ3v) is 3.41. The molecule has 5 heteroatoms. The van der Waals surface area contributed by atoms with Crippen LogP contribution in [0.3, 0.4) is 0 Å². The molecule has 0 heterocycles. The molecule has 0 aromatic heterocycles. The van der Waals surface area contributed by atoms with Crippen molar-refractivity contribution in [2.45, 2.75) is 45.8 Å². The Morgan fingerprint density at radius 3 is 2.45 bits per heavy atom. The Hall–Kier alpha value is -2.04. The molecule has 1 rings (SSSR count). The van der Waals surface area contributed by atoms with Gasteiger partial charge in [-0.25, -0.2) is 9.59 Å². The van der Waals surface area contributed by atoms with Crippen molar-refractivity contribution in [3.05, 3.63) is 35.9 Å². The minimum Gasteiger partial charge on any atom is -0.464 e. The lowest BCUT2D eigenvalue weighted by molar-refractivity contribution is -0.148. The molecule has 0 aliphatic rings. The van der Waals surface area contributed by atoms with Crippen LogP contribution in [0, 0.1) is 0 Å². The van der Waals surface area contributed by atoms with E-state index in [0.717, 1.165) is 24.8 Å². The van der Waals surface area contributed by atoms with Crippen molar-refractivity contribution in [1.29, 1.82) is 0 Å². The smallest absolute Gasteiger partial charge is 0.410 e. The monoisotopic (exact) mass is 307 g/mol. The molecule has 0 fully saturated rings. The van der Waals surface area contributed by atoms with Gasteiger partial charge in [0.1, 0.15) is 12.6 Å². The standard InChI is InChI=1S/C17H25NO4/c1-4-5-9-12-21-16(19)14(2)18(3)17(20)22-13-15-10-7-6-8-11-15/h6-8,10-11,14H,4-5,9,12-13H2,1-3H3. The second kappa shape index (κ2) is 9.82. The summed E-state index contributed by atoms with van der Waals surface area (Å²) in [5.74, 6) is -0.407. The summed E-state index contributed by atoms with van der Waals surface area (Å²) in [6.45, 7) is 4.29. The van der Waals surface area contributed by atoms with Crippen LogP contribution in [-0.4, -0.2) is 36.7 Å². The first-order valence-corrected chi connectivity index (χ1v) is 7.66. The Balaban J connectivity index is 2.36. The molecule has 0 radical (unpaired) electrons. The summed E-state index contributed by atoms with van der Waals surface area (Å²) in [6.07, 6.45) is 2.40. The first-order chi connectivity index (χ1) is 10.6. The van der Waals surface area contributed by atoms with Gasteiger partial charge >= 0.3 is 12.1 Å². The van der Waals surface area contributed by atoms with E-state index in [1.54, 1.807) is 6.92 Å². The van der Waals surface area contributed by atoms with E-state index < -0.39 is 18.1 Å². The summed E-state index contributed by atoms with van der Waals surface area (Å²) in [5, 5.41) is 0. The van der Waals surface area contributed by atoms with Gasteiger partial charge < -0.3 is 9.47 Å². The number of rotatable bonds is 8. The van der Waals surface area contributed by atoms with Crippen LogP contribution in [0.2, 0.25) is 0 Å². The summed E-state index contributed by atoms with van der Waals surface area (Å²) < 4.78 is 10.3. The highest BCUT2D eigenvalue weighted by molar-refractivity contribution is 5.80. The summed E-state index contributed by atoms with van der Waals surface area (Å²) in [7, 11) is 1.53. The van der Waals surface area contributed by atoms with Gasteiger partial charge in [0.05, 0.1) is 6.61 Å². The third kappa shape index (κ3) is 6.16. The molecule has 5 nitrogen and oxygen atoms in total. The fraction of sp³-hybridized carbons (Fsp3) is 0.529. The van der Waals surface area contributed by atoms with Crippen molar-refractivity contribution in [1.82, 2.24) is 4.90 Å². The number of ether oxygens (including phenoxy) is 2. The fourth-order valence-corrected chi connectivity index (χ4v) is 1.78. The first-order valence-electron chi connectivity index (χ1n) is 7.66. The molecule has 0 aliphatic carbocycles. The van der Waals surface area contributed by atoms with Gasteiger partial charge in [-0.2, -0.15) is 0 Å². The fourth-order valence-electron chi connectivity index (χ4n) is 1.78. The zero-order valence-electron chi connectivity index (χ0n) is 13.6. The number of unbranched alkanes of at least 4 members (excludes halogenated alkanes) is 2. The van der Waals surface area contributed by atoms with E-state index >= 15 is 0 Å². The number of amides is 1. The molecular formula is C17H25NO4. The highest BCUT2D eigenvalue weighted by atomic mass is 16.6. The number of esters is 1. The molecule has 1 amide bonds. The molecule has 1 aromatic rings. The Morgan fingerprint density at radius 1 is 1.14 bits per heavy atom. The van der Waals surface area contributed by atoms with Crippen LogP contribution in [0.4, 0.5) is 4.79 Å². The number of carbonyl (C=O) groups is 2. The van der Waals surface area contributed by atoms with Crippen molar-refractivity contribution in [2.75, 3.05) is 13.7 Å². The zero-order chi connectivity index (χ0) is 16.4. The van der Waals surface area contributed by atoms with Gasteiger partial charge in [0.25, 0.3) is 0 Å². The van der Waals surface area contributed by atoms with E-state index in [0.29, 0.717) is 6.61 Å². The maximum atomic E-state index is 11.9. The largest absolute Gasteiger partial charge is 0.464 e. The molecule has 0 N–H and O–H groups in total. The van der Waals surface area contributed by atoms with Gasteiger partial charge in [-0.15, -0.1) is 0 Å². The summed E-state index contributed by atoms with van der Waals surface area (Å²) in [5.41, 5.74) is 0.902. The predicted molar refractivity (Wildman–Crippen MR) is 84.3 cm³/mol. The van der Waals surface area contributed by atoms with Crippen molar-refractivity contribution >= 4 is 12.1 Å². The number of hydrogen-bond donors (Lipinski definition) is 0. The lowest BCUT2D eigenvalue weighted by Gasteiger charge is -2.22. The molecule has 1 atom stereocenters. The Morgan fingerprint density at radius 2 is 1.82 bits per heavy atom. The molecule has 0 saturated heterocycles. The molecule has 0 spiro atoms. The number of likely N-dealkylation sites (N-methyl/N-ethyl adjacent to an activating group) is 1. The summed E-state index contributed by atoms with van der Waals surface area (Å²) in [4.78, 5) is 25.0. The van der Waals surface area contributed by atoms with E-state index in [1.807, 2.05) is 30.3 Å². The number of hydrogen-bond acceptors (Lipinski definition) is 4. The topological polar surface area (TPSA) is 55.8 Å². The quantitative estimate of drug-likeness (QED) is 0.546. The minimum atomic E-state index is -0.662. The van der Waals surface area contributed by atoms with Crippen LogP contribution < -0.4 is 0 Å². The normalized spacial score (nSPS) is 11.6. The van der Waals surface area contributed by atoms with E-state index in [4.69, 9.17) is 9.47 Å². The number of benzene rings is 1. The molecule has 122 valence electrons. The van der Waals surface area contributed by atoms with Crippen LogP contribution in [0.5, 0.6) is 0 Å². The lowest BCUT2D eigenvalue weighted by Crippen LogP contribution is -2.41. The summed E-state index contributed by atoms with van der Waals surface area (Å²) in [6, 6.07) is 8.74. The van der Waals surface area contributed by atoms with E-state index in [1.165, 1.54) is 11.9 Å². The van der Waals surface area contributed by atoms with Gasteiger partial charge in [-0.1, -0.05) is 50.1 Å². The molecular weight excluding hydrogens is 282 g/mol. The van der Waals surface area contributed by atoms with Crippen LogP contribution in [0.15, 0.2) is 30.3 Å². The average molecular weight is 307 g/mol. The van der Waals surface area contributed by atoms with E-state index in [-0.39, 0.29) is 6.61 Å². The molecule has 0 saturated carbocycles. The number of carbonyl (C=O) groups excluding carboxylic acids is 2. The van der Waals surface area contributed by atoms with Crippen LogP contribution >= 0.6 is 0 Å². The summed E-state index contributed by atoms with van der Waals surface area (Å²) >= 11 is 0. The van der Waals surface area contributed by atoms with Gasteiger partial charge in [0.15, 0.2) is 0 Å². The second-order valence-corrected chi connectivity index (χ2v) is 5.20. The molecule has 22 heavy (non-hydrogen) atoms. The van der Waals surface area contributed by atoms with Gasteiger partial charge in [0, 0.05) is 7.05 Å². The Kier molecular flexibility index (Phi) is 8.04. The highest BCUT2D eigenvalue weighted by Gasteiger charge is 2.24. The maximum Gasteiger partial charge on any atom is 0.410 e. The molecule has 1 aromatic carbocycles. The lowest BCUT2D eigenvalue weighted by atomic mass is 10.2. The van der Waals surface area contributed by atoms with Gasteiger partial charge in [-0.05, 0) is 18.9 Å². The third-order valence-electron chi connectivity index (χ3n) is 3.41. The van der Waals surface area contributed by atoms with Crippen molar-refractivity contribution < 1.29 is 19.1 Å².